The molecule has 6 heteroatoms. The number of benzene rings is 1. The van der Waals surface area contributed by atoms with Crippen molar-refractivity contribution in [2.24, 2.45) is 5.92 Å². The number of hydrogen-bond acceptors (Lipinski definition) is 4. The zero-order valence-corrected chi connectivity index (χ0v) is 17.0. The molecule has 0 radical (unpaired) electrons. The minimum Gasteiger partial charge on any atom is -0.458 e. The highest BCUT2D eigenvalue weighted by atomic mass is 19.1. The molecule has 1 amide bonds. The van der Waals surface area contributed by atoms with Crippen molar-refractivity contribution >= 4 is 12.1 Å². The van der Waals surface area contributed by atoms with Crippen molar-refractivity contribution in [3.8, 4) is 0 Å². The predicted octanol–water partition coefficient (Wildman–Crippen LogP) is 4.34. The Balaban J connectivity index is 2.15. The first-order chi connectivity index (χ1) is 12.3. The third kappa shape index (κ3) is 6.52. The summed E-state index contributed by atoms with van der Waals surface area (Å²) in [7, 11) is 0. The number of ether oxygens (including phenoxy) is 2. The minimum atomic E-state index is -0.676. The van der Waals surface area contributed by atoms with Crippen molar-refractivity contribution in [3.63, 3.8) is 0 Å². The van der Waals surface area contributed by atoms with Crippen LogP contribution in [0.2, 0.25) is 0 Å². The Morgan fingerprint density at radius 3 is 2.11 bits per heavy atom. The van der Waals surface area contributed by atoms with E-state index in [2.05, 4.69) is 0 Å². The largest absolute Gasteiger partial charge is 0.458 e. The number of hydrogen-bond donors (Lipinski definition) is 0. The summed E-state index contributed by atoms with van der Waals surface area (Å²) in [5.74, 6) is -0.636. The summed E-state index contributed by atoms with van der Waals surface area (Å²) >= 11 is 0. The van der Waals surface area contributed by atoms with Gasteiger partial charge in [0, 0.05) is 6.54 Å². The van der Waals surface area contributed by atoms with Crippen molar-refractivity contribution in [3.05, 3.63) is 35.6 Å². The number of likely N-dealkylation sites (tertiary alicyclic amines) is 1. The van der Waals surface area contributed by atoms with Crippen LogP contribution in [-0.2, 0) is 20.7 Å². The fraction of sp³-hybridized carbons (Fsp3) is 0.619. The molecule has 2 atom stereocenters. The van der Waals surface area contributed by atoms with Crippen LogP contribution in [0, 0.1) is 11.7 Å². The van der Waals surface area contributed by atoms with Gasteiger partial charge in [-0.25, -0.2) is 14.0 Å². The second-order valence-corrected chi connectivity index (χ2v) is 9.11. The zero-order chi connectivity index (χ0) is 20.4. The van der Waals surface area contributed by atoms with Crippen molar-refractivity contribution in [2.45, 2.75) is 71.6 Å². The van der Waals surface area contributed by atoms with E-state index in [4.69, 9.17) is 9.47 Å². The molecule has 1 unspecified atom stereocenters. The van der Waals surface area contributed by atoms with Crippen LogP contribution in [0.1, 0.15) is 53.5 Å². The Hall–Kier alpha value is -2.11. The van der Waals surface area contributed by atoms with Gasteiger partial charge in [0.2, 0.25) is 0 Å². The van der Waals surface area contributed by atoms with E-state index in [1.807, 2.05) is 0 Å². The summed E-state index contributed by atoms with van der Waals surface area (Å²) in [4.78, 5) is 26.8. The number of nitrogens with zero attached hydrogens (tertiary/aromatic N) is 1. The fourth-order valence-electron chi connectivity index (χ4n) is 3.14. The van der Waals surface area contributed by atoms with Crippen molar-refractivity contribution < 1.29 is 23.5 Å². The molecule has 1 aliphatic rings. The number of esters is 1. The molecule has 1 fully saturated rings. The molecule has 1 heterocycles. The van der Waals surface area contributed by atoms with E-state index in [0.717, 1.165) is 5.56 Å². The smallest absolute Gasteiger partial charge is 0.411 e. The quantitative estimate of drug-likeness (QED) is 0.733. The zero-order valence-electron chi connectivity index (χ0n) is 17.0. The van der Waals surface area contributed by atoms with Crippen LogP contribution in [-0.4, -0.2) is 40.8 Å². The molecule has 0 spiro atoms. The van der Waals surface area contributed by atoms with Gasteiger partial charge >= 0.3 is 12.1 Å². The summed E-state index contributed by atoms with van der Waals surface area (Å²) in [6, 6.07) is 5.62. The third-order valence-electron chi connectivity index (χ3n) is 4.13. The van der Waals surface area contributed by atoms with Crippen molar-refractivity contribution in [1.82, 2.24) is 4.90 Å². The molecule has 1 aromatic carbocycles. The number of halogens is 1. The van der Waals surface area contributed by atoms with Gasteiger partial charge < -0.3 is 9.47 Å². The highest BCUT2D eigenvalue weighted by Crippen LogP contribution is 2.30. The van der Waals surface area contributed by atoms with Gasteiger partial charge in [0.05, 0.1) is 0 Å². The van der Waals surface area contributed by atoms with Crippen molar-refractivity contribution in [2.75, 3.05) is 6.54 Å². The Morgan fingerprint density at radius 2 is 1.59 bits per heavy atom. The maximum Gasteiger partial charge on any atom is 0.411 e. The molecule has 150 valence electrons. The molecule has 1 saturated heterocycles. The molecule has 2 rings (SSSR count). The maximum atomic E-state index is 13.1. The Morgan fingerprint density at radius 1 is 1.04 bits per heavy atom. The second kappa shape index (κ2) is 7.87. The monoisotopic (exact) mass is 379 g/mol. The van der Waals surface area contributed by atoms with E-state index in [-0.39, 0.29) is 11.7 Å². The molecule has 1 aliphatic heterocycles. The molecule has 27 heavy (non-hydrogen) atoms. The van der Waals surface area contributed by atoms with Crippen LogP contribution >= 0.6 is 0 Å². The van der Waals surface area contributed by atoms with E-state index in [9.17, 15) is 14.0 Å². The van der Waals surface area contributed by atoms with Gasteiger partial charge in [-0.1, -0.05) is 12.1 Å². The van der Waals surface area contributed by atoms with Crippen LogP contribution in [0.3, 0.4) is 0 Å². The second-order valence-electron chi connectivity index (χ2n) is 9.11. The molecule has 0 bridgehead atoms. The minimum absolute atomic E-state index is 0.0699. The molecule has 0 saturated carbocycles. The first kappa shape index (κ1) is 21.2. The molecule has 5 nitrogen and oxygen atoms in total. The van der Waals surface area contributed by atoms with E-state index >= 15 is 0 Å². The number of rotatable bonds is 3. The molecule has 0 aromatic heterocycles. The molecular formula is C21H30FNO4. The highest BCUT2D eigenvalue weighted by Gasteiger charge is 2.43. The lowest BCUT2D eigenvalue weighted by Gasteiger charge is -2.29. The van der Waals surface area contributed by atoms with E-state index in [0.29, 0.717) is 19.4 Å². The first-order valence-corrected chi connectivity index (χ1v) is 9.31. The summed E-state index contributed by atoms with van der Waals surface area (Å²) in [6.07, 6.45) is 0.629. The topological polar surface area (TPSA) is 55.8 Å². The maximum absolute atomic E-state index is 13.1. The SMILES string of the molecule is CC(C)(C)OC(=O)[C@H]1CC(Cc2ccc(F)cc2)CN1C(=O)OC(C)(C)C. The van der Waals surface area contributed by atoms with Gasteiger partial charge in [-0.3, -0.25) is 4.90 Å². The molecule has 0 N–H and O–H groups in total. The molecule has 0 aliphatic carbocycles. The van der Waals surface area contributed by atoms with Gasteiger partial charge in [-0.15, -0.1) is 0 Å². The Kier molecular flexibility index (Phi) is 6.17. The number of amides is 1. The highest BCUT2D eigenvalue weighted by molar-refractivity contribution is 5.82. The van der Waals surface area contributed by atoms with Gasteiger partial charge in [-0.2, -0.15) is 0 Å². The lowest BCUT2D eigenvalue weighted by Crippen LogP contribution is -2.45. The Labute approximate surface area is 160 Å². The van der Waals surface area contributed by atoms with Crippen LogP contribution < -0.4 is 0 Å². The van der Waals surface area contributed by atoms with Gasteiger partial charge in [0.25, 0.3) is 0 Å². The summed E-state index contributed by atoms with van der Waals surface area (Å²) in [6.45, 7) is 11.2. The standard InChI is InChI=1S/C21H30FNO4/c1-20(2,3)26-18(24)17-12-15(11-14-7-9-16(22)10-8-14)13-23(17)19(25)27-21(4,5)6/h7-10,15,17H,11-13H2,1-6H3/t15?,17-/m1/s1. The van der Waals surface area contributed by atoms with Crippen LogP contribution in [0.4, 0.5) is 9.18 Å². The van der Waals surface area contributed by atoms with Gasteiger partial charge in [0.15, 0.2) is 0 Å². The third-order valence-corrected chi connectivity index (χ3v) is 4.13. The van der Waals surface area contributed by atoms with E-state index < -0.39 is 29.3 Å². The van der Waals surface area contributed by atoms with Crippen molar-refractivity contribution in [1.29, 1.82) is 0 Å². The Bertz CT molecular complexity index is 637. The first-order valence-electron chi connectivity index (χ1n) is 9.31. The normalized spacial score (nSPS) is 20.5. The van der Waals surface area contributed by atoms with E-state index in [1.165, 1.54) is 17.0 Å². The van der Waals surface area contributed by atoms with Crippen LogP contribution in [0.25, 0.3) is 0 Å². The van der Waals surface area contributed by atoms with Gasteiger partial charge in [0.1, 0.15) is 23.1 Å². The molecular weight excluding hydrogens is 349 g/mol. The van der Waals surface area contributed by atoms with Crippen LogP contribution in [0.15, 0.2) is 24.3 Å². The average molecular weight is 379 g/mol. The predicted molar refractivity (Wildman–Crippen MR) is 101 cm³/mol. The lowest BCUT2D eigenvalue weighted by atomic mass is 9.96. The number of carbonyl (C=O) groups is 2. The summed E-state index contributed by atoms with van der Waals surface area (Å²) < 4.78 is 24.1. The fourth-order valence-corrected chi connectivity index (χ4v) is 3.14. The number of carbonyl (C=O) groups excluding carboxylic acids is 2. The summed E-state index contributed by atoms with van der Waals surface area (Å²) in [5.41, 5.74) is -0.313. The average Bonchev–Trinajstić information content (AvgIpc) is 2.90. The molecule has 1 aromatic rings. The van der Waals surface area contributed by atoms with Gasteiger partial charge in [-0.05, 0) is 78.0 Å². The lowest BCUT2D eigenvalue weighted by molar-refractivity contribution is -0.160. The van der Waals surface area contributed by atoms with Crippen LogP contribution in [0.5, 0.6) is 0 Å². The van der Waals surface area contributed by atoms with E-state index in [1.54, 1.807) is 53.7 Å². The summed E-state index contributed by atoms with van der Waals surface area (Å²) in [5, 5.41) is 0.